The third-order valence-corrected chi connectivity index (χ3v) is 2.04. The van der Waals surface area contributed by atoms with Gasteiger partial charge in [0.1, 0.15) is 11.6 Å². The van der Waals surface area contributed by atoms with Gasteiger partial charge in [0.15, 0.2) is 0 Å². The molecule has 92 valence electrons. The molecule has 0 aliphatic rings. The van der Waals surface area contributed by atoms with E-state index >= 15 is 0 Å². The number of nitriles is 1. The number of ether oxygens (including phenoxy) is 1. The van der Waals surface area contributed by atoms with E-state index in [0.717, 1.165) is 0 Å². The number of hydrogen-bond acceptors (Lipinski definition) is 5. The van der Waals surface area contributed by atoms with Gasteiger partial charge < -0.3 is 4.74 Å². The monoisotopic (exact) mass is 246 g/mol. The van der Waals surface area contributed by atoms with Crippen molar-refractivity contribution in [2.24, 2.45) is 0 Å². The number of rotatable bonds is 4. The summed E-state index contributed by atoms with van der Waals surface area (Å²) in [5, 5.41) is 19.4. The molecule has 0 aliphatic carbocycles. The highest BCUT2D eigenvalue weighted by molar-refractivity contribution is 5.87. The summed E-state index contributed by atoms with van der Waals surface area (Å²) >= 11 is 0. The minimum Gasteiger partial charge on any atom is -0.463 e. The lowest BCUT2D eigenvalue weighted by atomic mass is 10.1. The SMILES string of the molecule is CCOC(=O)C=Cc1ccc(C#N)c([N+](=O)[O-])c1. The van der Waals surface area contributed by atoms with Gasteiger partial charge in [-0.2, -0.15) is 5.26 Å². The normalized spacial score (nSPS) is 10.0. The van der Waals surface area contributed by atoms with Crippen molar-refractivity contribution >= 4 is 17.7 Å². The zero-order valence-electron chi connectivity index (χ0n) is 9.62. The zero-order valence-corrected chi connectivity index (χ0v) is 9.62. The van der Waals surface area contributed by atoms with Crippen LogP contribution in [0.25, 0.3) is 6.08 Å². The van der Waals surface area contributed by atoms with E-state index in [1.165, 1.54) is 30.4 Å². The van der Waals surface area contributed by atoms with Crippen molar-refractivity contribution in [1.29, 1.82) is 5.26 Å². The maximum absolute atomic E-state index is 11.1. The van der Waals surface area contributed by atoms with E-state index in [9.17, 15) is 14.9 Å². The first-order valence-corrected chi connectivity index (χ1v) is 5.12. The van der Waals surface area contributed by atoms with Gasteiger partial charge in [0.2, 0.25) is 0 Å². The van der Waals surface area contributed by atoms with Gasteiger partial charge in [-0.3, -0.25) is 10.1 Å². The average molecular weight is 246 g/mol. The fraction of sp³-hybridized carbons (Fsp3) is 0.167. The lowest BCUT2D eigenvalue weighted by Gasteiger charge is -1.97. The molecule has 0 radical (unpaired) electrons. The number of carbonyl (C=O) groups is 1. The van der Waals surface area contributed by atoms with E-state index < -0.39 is 10.9 Å². The minimum absolute atomic E-state index is 0.0201. The van der Waals surface area contributed by atoms with Crippen molar-refractivity contribution in [2.45, 2.75) is 6.92 Å². The minimum atomic E-state index is -0.639. The summed E-state index contributed by atoms with van der Waals surface area (Å²) in [4.78, 5) is 21.1. The summed E-state index contributed by atoms with van der Waals surface area (Å²) in [6.07, 6.45) is 2.57. The maximum atomic E-state index is 11.1. The first-order valence-electron chi connectivity index (χ1n) is 5.12. The van der Waals surface area contributed by atoms with Crippen LogP contribution in [0.5, 0.6) is 0 Å². The summed E-state index contributed by atoms with van der Waals surface area (Å²) in [5.74, 6) is -0.524. The Balaban J connectivity index is 2.99. The van der Waals surface area contributed by atoms with Crippen molar-refractivity contribution in [1.82, 2.24) is 0 Å². The zero-order chi connectivity index (χ0) is 13.5. The number of benzene rings is 1. The van der Waals surface area contributed by atoms with Crippen LogP contribution in [0.15, 0.2) is 24.3 Å². The molecule has 0 bridgehead atoms. The Morgan fingerprint density at radius 2 is 2.33 bits per heavy atom. The first kappa shape index (κ1) is 13.4. The molecule has 0 aliphatic heterocycles. The van der Waals surface area contributed by atoms with Crippen LogP contribution in [0.2, 0.25) is 0 Å². The van der Waals surface area contributed by atoms with Gasteiger partial charge in [-0.25, -0.2) is 4.79 Å². The van der Waals surface area contributed by atoms with Crippen molar-refractivity contribution < 1.29 is 14.5 Å². The van der Waals surface area contributed by atoms with Gasteiger partial charge in [0.05, 0.1) is 11.5 Å². The van der Waals surface area contributed by atoms with Crippen molar-refractivity contribution in [2.75, 3.05) is 6.61 Å². The number of hydrogen-bond donors (Lipinski definition) is 0. The second kappa shape index (κ2) is 6.15. The molecule has 0 unspecified atom stereocenters. The third kappa shape index (κ3) is 3.42. The molecule has 0 amide bonds. The van der Waals surface area contributed by atoms with Gasteiger partial charge in [-0.15, -0.1) is 0 Å². The van der Waals surface area contributed by atoms with Gasteiger partial charge >= 0.3 is 5.97 Å². The molecule has 0 N–H and O–H groups in total. The van der Waals surface area contributed by atoms with Crippen LogP contribution in [0.1, 0.15) is 18.1 Å². The van der Waals surface area contributed by atoms with Crippen molar-refractivity contribution in [3.63, 3.8) is 0 Å². The van der Waals surface area contributed by atoms with Gasteiger partial charge in [-0.1, -0.05) is 6.07 Å². The molecule has 0 atom stereocenters. The fourth-order valence-electron chi connectivity index (χ4n) is 1.25. The predicted molar refractivity (Wildman–Crippen MR) is 63.5 cm³/mol. The summed E-state index contributed by atoms with van der Waals surface area (Å²) in [5.41, 5.74) is 0.144. The van der Waals surface area contributed by atoms with Crippen LogP contribution in [0.4, 0.5) is 5.69 Å². The highest BCUT2D eigenvalue weighted by atomic mass is 16.6. The second-order valence-corrected chi connectivity index (χ2v) is 3.23. The number of nitro benzene ring substituents is 1. The van der Waals surface area contributed by atoms with Gasteiger partial charge in [0, 0.05) is 12.1 Å². The Kier molecular flexibility index (Phi) is 4.58. The van der Waals surface area contributed by atoms with E-state index in [0.29, 0.717) is 5.56 Å². The molecular weight excluding hydrogens is 236 g/mol. The van der Waals surface area contributed by atoms with E-state index in [4.69, 9.17) is 5.26 Å². The van der Waals surface area contributed by atoms with E-state index in [-0.39, 0.29) is 17.9 Å². The predicted octanol–water partition coefficient (Wildman–Crippen LogP) is 2.04. The molecule has 0 aromatic heterocycles. The lowest BCUT2D eigenvalue weighted by molar-refractivity contribution is -0.385. The van der Waals surface area contributed by atoms with Crippen molar-refractivity contribution in [3.8, 4) is 6.07 Å². The maximum Gasteiger partial charge on any atom is 0.330 e. The van der Waals surface area contributed by atoms with E-state index in [1.54, 1.807) is 13.0 Å². The number of esters is 1. The standard InChI is InChI=1S/C12H10N2O4/c1-2-18-12(15)6-4-9-3-5-10(8-13)11(7-9)14(16)17/h3-7H,2H2,1H3. The molecular formula is C12H10N2O4. The number of carbonyl (C=O) groups excluding carboxylic acids is 1. The largest absolute Gasteiger partial charge is 0.463 e. The summed E-state index contributed by atoms with van der Waals surface area (Å²) in [6.45, 7) is 1.94. The molecule has 0 saturated heterocycles. The Labute approximate surface area is 103 Å². The molecule has 0 spiro atoms. The topological polar surface area (TPSA) is 93.2 Å². The lowest BCUT2D eigenvalue weighted by Crippen LogP contribution is -1.98. The third-order valence-electron chi connectivity index (χ3n) is 2.04. The van der Waals surface area contributed by atoms with E-state index in [1.807, 2.05) is 0 Å². The van der Waals surface area contributed by atoms with E-state index in [2.05, 4.69) is 4.74 Å². The van der Waals surface area contributed by atoms with Gasteiger partial charge in [0.25, 0.3) is 5.69 Å². The highest BCUT2D eigenvalue weighted by Gasteiger charge is 2.13. The van der Waals surface area contributed by atoms with Crippen LogP contribution >= 0.6 is 0 Å². The van der Waals surface area contributed by atoms with Crippen LogP contribution < -0.4 is 0 Å². The Bertz CT molecular complexity index is 543. The van der Waals surface area contributed by atoms with Crippen LogP contribution in [0.3, 0.4) is 0 Å². The highest BCUT2D eigenvalue weighted by Crippen LogP contribution is 2.20. The molecule has 0 fully saturated rings. The molecule has 6 heteroatoms. The molecule has 6 nitrogen and oxygen atoms in total. The first-order chi connectivity index (χ1) is 8.58. The molecule has 18 heavy (non-hydrogen) atoms. The molecule has 1 aromatic rings. The smallest absolute Gasteiger partial charge is 0.330 e. The fourth-order valence-corrected chi connectivity index (χ4v) is 1.25. The second-order valence-electron chi connectivity index (χ2n) is 3.23. The average Bonchev–Trinajstić information content (AvgIpc) is 2.36. The van der Waals surface area contributed by atoms with Crippen LogP contribution in [-0.4, -0.2) is 17.5 Å². The van der Waals surface area contributed by atoms with Crippen LogP contribution in [-0.2, 0) is 9.53 Å². The van der Waals surface area contributed by atoms with Crippen LogP contribution in [0, 0.1) is 21.4 Å². The molecule has 1 aromatic carbocycles. The molecule has 1 rings (SSSR count). The molecule has 0 saturated carbocycles. The quantitative estimate of drug-likeness (QED) is 0.350. The summed E-state index contributed by atoms with van der Waals surface area (Å²) < 4.78 is 4.67. The number of nitrogens with zero attached hydrogens (tertiary/aromatic N) is 2. The molecule has 0 heterocycles. The summed E-state index contributed by atoms with van der Waals surface area (Å²) in [6, 6.07) is 5.81. The van der Waals surface area contributed by atoms with Crippen molar-refractivity contribution in [3.05, 3.63) is 45.5 Å². The summed E-state index contributed by atoms with van der Waals surface area (Å²) in [7, 11) is 0. The van der Waals surface area contributed by atoms with Gasteiger partial charge in [-0.05, 0) is 24.6 Å². The Morgan fingerprint density at radius 1 is 1.61 bits per heavy atom. The Hall–Kier alpha value is -2.68. The number of nitro groups is 1. The Morgan fingerprint density at radius 3 is 2.89 bits per heavy atom.